The second-order valence-electron chi connectivity index (χ2n) is 4.06. The largest absolute Gasteiger partial charge is 0.493 e. The molecule has 4 nitrogen and oxygen atoms in total. The second kappa shape index (κ2) is 7.14. The minimum Gasteiger partial charge on any atom is -0.493 e. The maximum absolute atomic E-state index is 8.82. The van der Waals surface area contributed by atoms with Gasteiger partial charge in [-0.05, 0) is 6.07 Å². The molecule has 0 spiro atoms. The van der Waals surface area contributed by atoms with Crippen molar-refractivity contribution in [3.05, 3.63) is 23.8 Å². The minimum absolute atomic E-state index is 0.00486. The summed E-state index contributed by atoms with van der Waals surface area (Å²) in [6.45, 7) is 5.17. The van der Waals surface area contributed by atoms with Crippen LogP contribution in [-0.4, -0.2) is 31.5 Å². The Hall–Kier alpha value is -1.26. The van der Waals surface area contributed by atoms with Crippen molar-refractivity contribution in [1.29, 1.82) is 0 Å². The Bertz CT molecular complexity index is 339. The minimum atomic E-state index is -0.00486. The summed E-state index contributed by atoms with van der Waals surface area (Å²) in [5.74, 6) is 1.40. The van der Waals surface area contributed by atoms with Crippen LogP contribution in [-0.2, 0) is 6.54 Å². The van der Waals surface area contributed by atoms with Crippen LogP contribution < -0.4 is 14.8 Å². The molecule has 96 valence electrons. The molecule has 4 heteroatoms. The number of hydrogen-bond donors (Lipinski definition) is 2. The molecule has 0 unspecified atom stereocenters. The van der Waals surface area contributed by atoms with E-state index in [-0.39, 0.29) is 13.2 Å². The predicted molar refractivity (Wildman–Crippen MR) is 67.6 cm³/mol. The SMILES string of the molecule is COc1cccc(CNC(C)C)c1OCCO. The molecule has 1 rings (SSSR count). The lowest BCUT2D eigenvalue weighted by Gasteiger charge is -2.16. The molecular formula is C13H21NO3. The Labute approximate surface area is 103 Å². The van der Waals surface area contributed by atoms with Gasteiger partial charge in [0.1, 0.15) is 6.61 Å². The number of aliphatic hydroxyl groups is 1. The Kier molecular flexibility index (Phi) is 5.80. The molecule has 0 amide bonds. The van der Waals surface area contributed by atoms with E-state index in [0.29, 0.717) is 17.5 Å². The van der Waals surface area contributed by atoms with Gasteiger partial charge < -0.3 is 19.9 Å². The highest BCUT2D eigenvalue weighted by atomic mass is 16.5. The van der Waals surface area contributed by atoms with Crippen LogP contribution in [0.5, 0.6) is 11.5 Å². The molecule has 17 heavy (non-hydrogen) atoms. The fraction of sp³-hybridized carbons (Fsp3) is 0.538. The summed E-state index contributed by atoms with van der Waals surface area (Å²) in [7, 11) is 1.61. The second-order valence-corrected chi connectivity index (χ2v) is 4.06. The number of rotatable bonds is 7. The number of methoxy groups -OCH3 is 1. The number of aliphatic hydroxyl groups excluding tert-OH is 1. The average molecular weight is 239 g/mol. The summed E-state index contributed by atoms with van der Waals surface area (Å²) >= 11 is 0. The molecular weight excluding hydrogens is 218 g/mol. The molecule has 0 saturated carbocycles. The number of nitrogens with one attached hydrogen (secondary N) is 1. The highest BCUT2D eigenvalue weighted by Crippen LogP contribution is 2.30. The summed E-state index contributed by atoms with van der Waals surface area (Å²) in [5, 5.41) is 12.2. The molecule has 0 atom stereocenters. The topological polar surface area (TPSA) is 50.7 Å². The van der Waals surface area contributed by atoms with Gasteiger partial charge in [0.2, 0.25) is 0 Å². The van der Waals surface area contributed by atoms with Crippen molar-refractivity contribution in [2.45, 2.75) is 26.4 Å². The number of ether oxygens (including phenoxy) is 2. The van der Waals surface area contributed by atoms with E-state index in [1.807, 2.05) is 18.2 Å². The molecule has 0 aliphatic heterocycles. The van der Waals surface area contributed by atoms with Crippen LogP contribution in [0.15, 0.2) is 18.2 Å². The molecule has 0 aliphatic carbocycles. The number of para-hydroxylation sites is 1. The zero-order valence-electron chi connectivity index (χ0n) is 10.7. The van der Waals surface area contributed by atoms with Crippen molar-refractivity contribution in [3.8, 4) is 11.5 Å². The van der Waals surface area contributed by atoms with E-state index >= 15 is 0 Å². The number of benzene rings is 1. The standard InChI is InChI=1S/C13H21NO3/c1-10(2)14-9-11-5-4-6-12(16-3)13(11)17-8-7-15/h4-6,10,14-15H,7-9H2,1-3H3. The summed E-state index contributed by atoms with van der Waals surface area (Å²) in [4.78, 5) is 0. The molecule has 0 heterocycles. The highest BCUT2D eigenvalue weighted by Gasteiger charge is 2.10. The molecule has 2 N–H and O–H groups in total. The van der Waals surface area contributed by atoms with Crippen molar-refractivity contribution in [2.75, 3.05) is 20.3 Å². The monoisotopic (exact) mass is 239 g/mol. The Balaban J connectivity index is 2.85. The first-order valence-corrected chi connectivity index (χ1v) is 5.82. The lowest BCUT2D eigenvalue weighted by molar-refractivity contribution is 0.195. The van der Waals surface area contributed by atoms with E-state index in [9.17, 15) is 0 Å². The van der Waals surface area contributed by atoms with Crippen molar-refractivity contribution < 1.29 is 14.6 Å². The average Bonchev–Trinajstić information content (AvgIpc) is 2.33. The highest BCUT2D eigenvalue weighted by molar-refractivity contribution is 5.46. The molecule has 0 fully saturated rings. The molecule has 1 aromatic rings. The van der Waals surface area contributed by atoms with Gasteiger partial charge in [0.05, 0.1) is 13.7 Å². The van der Waals surface area contributed by atoms with Gasteiger partial charge in [0.25, 0.3) is 0 Å². The first-order valence-electron chi connectivity index (χ1n) is 5.82. The van der Waals surface area contributed by atoms with Gasteiger partial charge in [0, 0.05) is 18.2 Å². The lowest BCUT2D eigenvalue weighted by Crippen LogP contribution is -2.22. The third kappa shape index (κ3) is 4.24. The molecule has 0 saturated heterocycles. The lowest BCUT2D eigenvalue weighted by atomic mass is 10.1. The maximum atomic E-state index is 8.82. The van der Waals surface area contributed by atoms with Crippen LogP contribution in [0.25, 0.3) is 0 Å². The van der Waals surface area contributed by atoms with E-state index in [0.717, 1.165) is 12.1 Å². The fourth-order valence-corrected chi connectivity index (χ4v) is 1.49. The van der Waals surface area contributed by atoms with E-state index in [2.05, 4.69) is 19.2 Å². The van der Waals surface area contributed by atoms with Crippen LogP contribution in [0.2, 0.25) is 0 Å². The summed E-state index contributed by atoms with van der Waals surface area (Å²) in [6.07, 6.45) is 0. The van der Waals surface area contributed by atoms with Crippen LogP contribution in [0.4, 0.5) is 0 Å². The van der Waals surface area contributed by atoms with Crippen molar-refractivity contribution in [1.82, 2.24) is 5.32 Å². The first kappa shape index (κ1) is 13.8. The summed E-state index contributed by atoms with van der Waals surface area (Å²) < 4.78 is 10.8. The van der Waals surface area contributed by atoms with E-state index in [1.165, 1.54) is 0 Å². The van der Waals surface area contributed by atoms with Crippen LogP contribution in [0.1, 0.15) is 19.4 Å². The van der Waals surface area contributed by atoms with Gasteiger partial charge in [0.15, 0.2) is 11.5 Å². The van der Waals surface area contributed by atoms with E-state index < -0.39 is 0 Å². The maximum Gasteiger partial charge on any atom is 0.165 e. The van der Waals surface area contributed by atoms with Crippen LogP contribution in [0, 0.1) is 0 Å². The van der Waals surface area contributed by atoms with Gasteiger partial charge >= 0.3 is 0 Å². The Morgan fingerprint density at radius 3 is 2.71 bits per heavy atom. The van der Waals surface area contributed by atoms with E-state index in [1.54, 1.807) is 7.11 Å². The predicted octanol–water partition coefficient (Wildman–Crippen LogP) is 1.56. The van der Waals surface area contributed by atoms with Crippen molar-refractivity contribution in [3.63, 3.8) is 0 Å². The molecule has 0 aliphatic rings. The fourth-order valence-electron chi connectivity index (χ4n) is 1.49. The zero-order chi connectivity index (χ0) is 12.7. The van der Waals surface area contributed by atoms with Gasteiger partial charge in [-0.1, -0.05) is 26.0 Å². The van der Waals surface area contributed by atoms with Crippen LogP contribution in [0.3, 0.4) is 0 Å². The zero-order valence-corrected chi connectivity index (χ0v) is 10.7. The smallest absolute Gasteiger partial charge is 0.165 e. The van der Waals surface area contributed by atoms with Gasteiger partial charge in [-0.25, -0.2) is 0 Å². The van der Waals surface area contributed by atoms with Crippen molar-refractivity contribution >= 4 is 0 Å². The quantitative estimate of drug-likeness (QED) is 0.758. The molecule has 0 bridgehead atoms. The van der Waals surface area contributed by atoms with Gasteiger partial charge in [-0.15, -0.1) is 0 Å². The van der Waals surface area contributed by atoms with Gasteiger partial charge in [-0.2, -0.15) is 0 Å². The third-order valence-electron chi connectivity index (χ3n) is 2.32. The summed E-state index contributed by atoms with van der Waals surface area (Å²) in [5.41, 5.74) is 1.03. The van der Waals surface area contributed by atoms with E-state index in [4.69, 9.17) is 14.6 Å². The Morgan fingerprint density at radius 1 is 1.35 bits per heavy atom. The normalized spacial score (nSPS) is 10.6. The molecule has 0 radical (unpaired) electrons. The first-order chi connectivity index (χ1) is 8.19. The van der Waals surface area contributed by atoms with Crippen molar-refractivity contribution in [2.24, 2.45) is 0 Å². The van der Waals surface area contributed by atoms with Gasteiger partial charge in [-0.3, -0.25) is 0 Å². The third-order valence-corrected chi connectivity index (χ3v) is 2.32. The van der Waals surface area contributed by atoms with Crippen LogP contribution >= 0.6 is 0 Å². The number of hydrogen-bond acceptors (Lipinski definition) is 4. The molecule has 1 aromatic carbocycles. The summed E-state index contributed by atoms with van der Waals surface area (Å²) in [6, 6.07) is 6.19. The Morgan fingerprint density at radius 2 is 2.12 bits per heavy atom. The molecule has 0 aromatic heterocycles.